The minimum absolute atomic E-state index is 0. The van der Waals surface area contributed by atoms with Crippen LogP contribution in [0.5, 0.6) is 0 Å². The Morgan fingerprint density at radius 3 is 0.833 bits per heavy atom. The molecule has 6 heteroatoms. The second kappa shape index (κ2) is 4.44. The van der Waals surface area contributed by atoms with Crippen LogP contribution in [0, 0.1) is 0 Å². The van der Waals surface area contributed by atoms with Crippen LogP contribution in [0.25, 0.3) is 0 Å². The van der Waals surface area contributed by atoms with Crippen molar-refractivity contribution in [1.29, 1.82) is 0 Å². The second-order valence-electron chi connectivity index (χ2n) is 0.271. The zero-order valence-corrected chi connectivity index (χ0v) is 8.19. The maximum atomic E-state index is 4.98. The molecule has 0 rings (SSSR count). The molecular weight excluding hydrogens is 356 g/mol. The maximum absolute atomic E-state index is 4.98. The van der Waals surface area contributed by atoms with Gasteiger partial charge >= 0.3 is 49.6 Å². The van der Waals surface area contributed by atoms with Crippen molar-refractivity contribution in [2.45, 2.75) is 0 Å². The van der Waals surface area contributed by atoms with Crippen molar-refractivity contribution in [3.05, 3.63) is 0 Å². The Morgan fingerprint density at radius 2 is 0.833 bits per heavy atom. The molecule has 0 aromatic rings. The van der Waals surface area contributed by atoms with Gasteiger partial charge < -0.3 is 0 Å². The van der Waals surface area contributed by atoms with Crippen LogP contribution in [0.1, 0.15) is 0 Å². The van der Waals surface area contributed by atoms with Crippen LogP contribution < -0.4 is 0 Å². The van der Waals surface area contributed by atoms with Gasteiger partial charge in [-0.1, -0.05) is 0 Å². The Labute approximate surface area is 70.9 Å². The molecule has 0 atom stereocenters. The summed E-state index contributed by atoms with van der Waals surface area (Å²) in [6.07, 6.45) is 0. The molecule has 1 radical (unpaired) electrons. The molecule has 0 N–H and O–H groups in total. The van der Waals surface area contributed by atoms with Crippen molar-refractivity contribution in [2.24, 2.45) is 0 Å². The standard InChI is InChI=1S/Ag.4ClH.Pd/h;4*1H;/q;;;;;+4/p-4. The van der Waals surface area contributed by atoms with Crippen LogP contribution in [-0.2, 0) is 33.8 Å². The molecule has 0 aliphatic rings. The average Bonchev–Trinajstić information content (AvgIpc) is 0.722. The first-order chi connectivity index (χ1) is 2.00. The Morgan fingerprint density at radius 1 is 0.833 bits per heavy atom. The molecule has 0 spiro atoms. The molecule has 0 unspecified atom stereocenters. The topological polar surface area (TPSA) is 0 Å². The molecule has 0 aromatic heterocycles. The predicted molar refractivity (Wildman–Crippen MR) is 23.4 cm³/mol. The van der Waals surface area contributed by atoms with E-state index in [1.54, 1.807) is 0 Å². The summed E-state index contributed by atoms with van der Waals surface area (Å²) in [5.41, 5.74) is 0. The van der Waals surface area contributed by atoms with Crippen LogP contribution in [-0.4, -0.2) is 0 Å². The Kier molecular flexibility index (Phi) is 8.42. The predicted octanol–water partition coefficient (Wildman–Crippen LogP) is 2.75. The molecule has 49 valence electrons. The molecule has 0 saturated heterocycles. The monoisotopic (exact) mass is 353 g/mol. The van der Waals surface area contributed by atoms with Crippen molar-refractivity contribution in [2.75, 3.05) is 0 Å². The summed E-state index contributed by atoms with van der Waals surface area (Å²) in [4.78, 5) is 0. The first kappa shape index (κ1) is 11.4. The minimum atomic E-state index is -2.81. The Bertz CT molecular complexity index is 23.0. The summed E-state index contributed by atoms with van der Waals surface area (Å²) < 4.78 is 0. The Hall–Kier alpha value is 2.56. The molecule has 6 heavy (non-hydrogen) atoms. The zero-order chi connectivity index (χ0) is 4.50. The van der Waals surface area contributed by atoms with E-state index in [1.165, 1.54) is 0 Å². The van der Waals surface area contributed by atoms with E-state index in [-0.39, 0.29) is 22.4 Å². The van der Waals surface area contributed by atoms with Crippen LogP contribution in [0.3, 0.4) is 0 Å². The molecule has 0 amide bonds. The molecule has 0 aliphatic carbocycles. The quantitative estimate of drug-likeness (QED) is 0.586. The number of rotatable bonds is 0. The van der Waals surface area contributed by atoms with Crippen molar-refractivity contribution in [3.63, 3.8) is 0 Å². The summed E-state index contributed by atoms with van der Waals surface area (Å²) in [6.45, 7) is 0. The summed E-state index contributed by atoms with van der Waals surface area (Å²) in [5, 5.41) is 0. The number of hydrogen-bond acceptors (Lipinski definition) is 0. The van der Waals surface area contributed by atoms with E-state index in [9.17, 15) is 0 Å². The van der Waals surface area contributed by atoms with E-state index in [4.69, 9.17) is 38.1 Å². The van der Waals surface area contributed by atoms with Gasteiger partial charge in [0.05, 0.1) is 0 Å². The van der Waals surface area contributed by atoms with Gasteiger partial charge in [0, 0.05) is 22.4 Å². The third-order valence-corrected chi connectivity index (χ3v) is 0. The van der Waals surface area contributed by atoms with Gasteiger partial charge in [0.1, 0.15) is 0 Å². The molecule has 0 aromatic carbocycles. The Balaban J connectivity index is 0. The number of halogens is 4. The van der Waals surface area contributed by atoms with Gasteiger partial charge in [-0.2, -0.15) is 0 Å². The van der Waals surface area contributed by atoms with Crippen LogP contribution >= 0.6 is 38.1 Å². The van der Waals surface area contributed by atoms with Crippen LogP contribution in [0.4, 0.5) is 0 Å². The number of hydrogen-bond donors (Lipinski definition) is 0. The summed E-state index contributed by atoms with van der Waals surface area (Å²) in [6, 6.07) is 0. The molecule has 0 bridgehead atoms. The fourth-order valence-corrected chi connectivity index (χ4v) is 0. The summed E-state index contributed by atoms with van der Waals surface area (Å²) >= 11 is -2.81. The van der Waals surface area contributed by atoms with Gasteiger partial charge in [0.15, 0.2) is 0 Å². The normalized spacial score (nSPS) is 12.7. The molecule has 0 aliphatic heterocycles. The third-order valence-electron chi connectivity index (χ3n) is 0. The third kappa shape index (κ3) is 30.9. The average molecular weight is 356 g/mol. The molecule has 0 fully saturated rings. The SMILES string of the molecule is [Ag].[Cl][Pd]([Cl])([Cl])[Cl]. The molecule has 0 heterocycles. The van der Waals surface area contributed by atoms with Crippen molar-refractivity contribution in [1.82, 2.24) is 0 Å². The fourth-order valence-electron chi connectivity index (χ4n) is 0. The van der Waals surface area contributed by atoms with E-state index in [1.807, 2.05) is 0 Å². The van der Waals surface area contributed by atoms with E-state index in [2.05, 4.69) is 0 Å². The summed E-state index contributed by atoms with van der Waals surface area (Å²) in [7, 11) is 19.9. The molecule has 0 saturated carbocycles. The van der Waals surface area contributed by atoms with Gasteiger partial charge in [-0.25, -0.2) is 0 Å². The van der Waals surface area contributed by atoms with Gasteiger partial charge in [-0.05, 0) is 0 Å². The fraction of sp³-hybridized carbons (Fsp3) is 0. The van der Waals surface area contributed by atoms with Crippen molar-refractivity contribution >= 4 is 38.1 Å². The van der Waals surface area contributed by atoms with E-state index in [0.717, 1.165) is 0 Å². The van der Waals surface area contributed by atoms with E-state index >= 15 is 0 Å². The molecular formula is AgCl4Pd. The summed E-state index contributed by atoms with van der Waals surface area (Å²) in [5.74, 6) is 0. The van der Waals surface area contributed by atoms with Gasteiger partial charge in [-0.3, -0.25) is 0 Å². The van der Waals surface area contributed by atoms with E-state index < -0.39 is 11.5 Å². The second-order valence-corrected chi connectivity index (χ2v) is 14.4. The van der Waals surface area contributed by atoms with Gasteiger partial charge in [0.25, 0.3) is 0 Å². The van der Waals surface area contributed by atoms with Gasteiger partial charge in [0.2, 0.25) is 0 Å². The van der Waals surface area contributed by atoms with Gasteiger partial charge in [-0.15, -0.1) is 0 Å². The first-order valence-electron chi connectivity index (χ1n) is 0.478. The van der Waals surface area contributed by atoms with Crippen LogP contribution in [0.15, 0.2) is 0 Å². The van der Waals surface area contributed by atoms with Crippen LogP contribution in [0.2, 0.25) is 0 Å². The van der Waals surface area contributed by atoms with Crippen molar-refractivity contribution < 1.29 is 33.8 Å². The molecule has 0 nitrogen and oxygen atoms in total. The zero-order valence-electron chi connectivity index (χ0n) is 2.13. The first-order valence-corrected chi connectivity index (χ1v) is 8.49. The van der Waals surface area contributed by atoms with Crippen molar-refractivity contribution in [3.8, 4) is 0 Å². The van der Waals surface area contributed by atoms with E-state index in [0.29, 0.717) is 0 Å².